The molecule has 4 saturated heterocycles. The summed E-state index contributed by atoms with van der Waals surface area (Å²) in [4.78, 5) is 31.8. The molecule has 0 N–H and O–H groups in total. The lowest BCUT2D eigenvalue weighted by atomic mass is 9.96. The second kappa shape index (κ2) is 7.00. The highest BCUT2D eigenvalue weighted by atomic mass is 16.5. The number of ether oxygens (including phenoxy) is 1. The van der Waals surface area contributed by atoms with Crippen LogP contribution in [0.25, 0.3) is 0 Å². The van der Waals surface area contributed by atoms with E-state index in [0.717, 1.165) is 45.3 Å². The van der Waals surface area contributed by atoms with Crippen molar-refractivity contribution in [2.45, 2.75) is 63.1 Å². The maximum Gasteiger partial charge on any atom is 0.252 e. The third kappa shape index (κ3) is 3.06. The van der Waals surface area contributed by atoms with Gasteiger partial charge in [0.25, 0.3) is 5.91 Å². The number of hydrogen-bond acceptors (Lipinski definition) is 4. The Labute approximate surface area is 144 Å². The Kier molecular flexibility index (Phi) is 4.77. The molecule has 4 heterocycles. The molecular formula is C18H29N3O3. The van der Waals surface area contributed by atoms with Crippen LogP contribution < -0.4 is 0 Å². The topological polar surface area (TPSA) is 53.1 Å². The van der Waals surface area contributed by atoms with E-state index in [-0.39, 0.29) is 30.0 Å². The third-order valence-corrected chi connectivity index (χ3v) is 6.23. The van der Waals surface area contributed by atoms with E-state index in [9.17, 15) is 9.59 Å². The number of likely N-dealkylation sites (tertiary alicyclic amines) is 3. The number of carbonyl (C=O) groups is 2. The molecule has 4 fully saturated rings. The van der Waals surface area contributed by atoms with Gasteiger partial charge in [-0.05, 0) is 51.6 Å². The van der Waals surface area contributed by atoms with Gasteiger partial charge in [0, 0.05) is 32.7 Å². The van der Waals surface area contributed by atoms with Gasteiger partial charge in [-0.2, -0.15) is 0 Å². The fourth-order valence-corrected chi connectivity index (χ4v) is 4.93. The Bertz CT molecular complexity index is 486. The molecule has 4 rings (SSSR count). The van der Waals surface area contributed by atoms with Gasteiger partial charge >= 0.3 is 0 Å². The van der Waals surface area contributed by atoms with E-state index in [1.165, 1.54) is 25.9 Å². The van der Waals surface area contributed by atoms with Crippen LogP contribution >= 0.6 is 0 Å². The first kappa shape index (κ1) is 16.3. The van der Waals surface area contributed by atoms with Crippen LogP contribution in [-0.2, 0) is 14.3 Å². The fourth-order valence-electron chi connectivity index (χ4n) is 4.93. The van der Waals surface area contributed by atoms with E-state index in [4.69, 9.17) is 4.74 Å². The monoisotopic (exact) mass is 335 g/mol. The van der Waals surface area contributed by atoms with Crippen LogP contribution in [0.3, 0.4) is 0 Å². The van der Waals surface area contributed by atoms with Gasteiger partial charge in [0.1, 0.15) is 6.10 Å². The van der Waals surface area contributed by atoms with Crippen LogP contribution in [0, 0.1) is 0 Å². The Balaban J connectivity index is 1.39. The predicted molar refractivity (Wildman–Crippen MR) is 89.5 cm³/mol. The number of piperidine rings is 1. The number of nitrogens with zero attached hydrogens (tertiary/aromatic N) is 3. The van der Waals surface area contributed by atoms with Crippen LogP contribution in [-0.4, -0.2) is 84.0 Å². The zero-order valence-corrected chi connectivity index (χ0v) is 14.5. The molecule has 0 saturated carbocycles. The summed E-state index contributed by atoms with van der Waals surface area (Å²) in [5.74, 6) is 0.440. The smallest absolute Gasteiger partial charge is 0.252 e. The molecule has 4 aliphatic rings. The van der Waals surface area contributed by atoms with Crippen LogP contribution in [0.4, 0.5) is 0 Å². The lowest BCUT2D eigenvalue weighted by Crippen LogP contribution is -2.55. The van der Waals surface area contributed by atoms with Crippen molar-refractivity contribution in [1.29, 1.82) is 0 Å². The van der Waals surface area contributed by atoms with Gasteiger partial charge < -0.3 is 19.4 Å². The van der Waals surface area contributed by atoms with Gasteiger partial charge in [0.2, 0.25) is 5.91 Å². The molecule has 0 radical (unpaired) electrons. The summed E-state index contributed by atoms with van der Waals surface area (Å²) in [6.07, 6.45) is 6.49. The van der Waals surface area contributed by atoms with Crippen molar-refractivity contribution in [3.63, 3.8) is 0 Å². The third-order valence-electron chi connectivity index (χ3n) is 6.23. The van der Waals surface area contributed by atoms with E-state index >= 15 is 0 Å². The highest BCUT2D eigenvalue weighted by molar-refractivity contribution is 5.83. The van der Waals surface area contributed by atoms with Gasteiger partial charge in [0.05, 0.1) is 12.1 Å². The standard InChI is InChI=1S/C18H29N3O3/c22-17-6-5-14-15(20(17)12-11-19-8-1-2-9-19)7-10-21(14)18(23)16-4-3-13-24-16/h14-16H,1-13H2/t14-,15-,16?/m1/s1. The summed E-state index contributed by atoms with van der Waals surface area (Å²) < 4.78 is 5.59. The molecule has 4 aliphatic heterocycles. The molecule has 0 aromatic rings. The fraction of sp³-hybridized carbons (Fsp3) is 0.889. The van der Waals surface area contributed by atoms with Crippen molar-refractivity contribution in [2.24, 2.45) is 0 Å². The maximum absolute atomic E-state index is 12.7. The molecule has 0 aromatic carbocycles. The largest absolute Gasteiger partial charge is 0.368 e. The molecule has 1 unspecified atom stereocenters. The molecule has 3 atom stereocenters. The molecule has 0 aromatic heterocycles. The van der Waals surface area contributed by atoms with E-state index in [2.05, 4.69) is 9.80 Å². The molecule has 0 bridgehead atoms. The number of rotatable bonds is 4. The molecule has 24 heavy (non-hydrogen) atoms. The first-order chi connectivity index (χ1) is 11.7. The first-order valence-electron chi connectivity index (χ1n) is 9.68. The average Bonchev–Trinajstić information content (AvgIpc) is 3.33. The van der Waals surface area contributed by atoms with Crippen molar-refractivity contribution in [2.75, 3.05) is 39.3 Å². The first-order valence-corrected chi connectivity index (χ1v) is 9.68. The van der Waals surface area contributed by atoms with Crippen LogP contribution in [0.2, 0.25) is 0 Å². The minimum Gasteiger partial charge on any atom is -0.368 e. The van der Waals surface area contributed by atoms with Crippen molar-refractivity contribution in [3.8, 4) is 0 Å². The maximum atomic E-state index is 12.7. The number of amides is 2. The Morgan fingerprint density at radius 1 is 1.00 bits per heavy atom. The summed E-state index contributed by atoms with van der Waals surface area (Å²) in [5.41, 5.74) is 0. The summed E-state index contributed by atoms with van der Waals surface area (Å²) in [5, 5.41) is 0. The van der Waals surface area contributed by atoms with Crippen molar-refractivity contribution < 1.29 is 14.3 Å². The van der Waals surface area contributed by atoms with Crippen LogP contribution in [0.5, 0.6) is 0 Å². The van der Waals surface area contributed by atoms with Gasteiger partial charge in [-0.25, -0.2) is 0 Å². The average molecular weight is 335 g/mol. The van der Waals surface area contributed by atoms with Gasteiger partial charge in [-0.3, -0.25) is 9.59 Å². The minimum absolute atomic E-state index is 0.161. The molecule has 0 spiro atoms. The molecule has 134 valence electrons. The highest BCUT2D eigenvalue weighted by Crippen LogP contribution is 2.33. The second-order valence-electron chi connectivity index (χ2n) is 7.63. The molecule has 0 aliphatic carbocycles. The number of hydrogen-bond donors (Lipinski definition) is 0. The Morgan fingerprint density at radius 2 is 1.83 bits per heavy atom. The van der Waals surface area contributed by atoms with E-state index in [0.29, 0.717) is 13.0 Å². The second-order valence-corrected chi connectivity index (χ2v) is 7.63. The predicted octanol–water partition coefficient (Wildman–Crippen LogP) is 0.853. The van der Waals surface area contributed by atoms with Crippen LogP contribution in [0.15, 0.2) is 0 Å². The molecule has 6 nitrogen and oxygen atoms in total. The number of fused-ring (bicyclic) bond motifs is 1. The van der Waals surface area contributed by atoms with E-state index in [1.54, 1.807) is 0 Å². The van der Waals surface area contributed by atoms with Crippen LogP contribution in [0.1, 0.15) is 44.9 Å². The quantitative estimate of drug-likeness (QED) is 0.764. The van der Waals surface area contributed by atoms with Crippen molar-refractivity contribution >= 4 is 11.8 Å². The lowest BCUT2D eigenvalue weighted by Gasteiger charge is -2.40. The summed E-state index contributed by atoms with van der Waals surface area (Å²) in [6.45, 7) is 5.62. The normalized spacial score (nSPS) is 34.2. The van der Waals surface area contributed by atoms with Gasteiger partial charge in [-0.1, -0.05) is 0 Å². The summed E-state index contributed by atoms with van der Waals surface area (Å²) in [6, 6.07) is 0.428. The number of carbonyl (C=O) groups excluding carboxylic acids is 2. The highest BCUT2D eigenvalue weighted by Gasteiger charge is 2.46. The SMILES string of the molecule is O=C1CC[C@@H]2[C@@H](CCN2C(=O)C2CCCO2)N1CCN1CCCC1. The van der Waals surface area contributed by atoms with Crippen molar-refractivity contribution in [1.82, 2.24) is 14.7 Å². The lowest BCUT2D eigenvalue weighted by molar-refractivity contribution is -0.147. The Morgan fingerprint density at radius 3 is 2.58 bits per heavy atom. The summed E-state index contributed by atoms with van der Waals surface area (Å²) in [7, 11) is 0. The van der Waals surface area contributed by atoms with E-state index in [1.807, 2.05) is 4.90 Å². The van der Waals surface area contributed by atoms with Crippen molar-refractivity contribution in [3.05, 3.63) is 0 Å². The minimum atomic E-state index is -0.237. The summed E-state index contributed by atoms with van der Waals surface area (Å²) >= 11 is 0. The molecule has 2 amide bonds. The molecule has 6 heteroatoms. The Hall–Kier alpha value is -1.14. The molecular weight excluding hydrogens is 306 g/mol. The zero-order valence-electron chi connectivity index (χ0n) is 14.5. The van der Waals surface area contributed by atoms with Gasteiger partial charge in [0.15, 0.2) is 0 Å². The van der Waals surface area contributed by atoms with E-state index < -0.39 is 0 Å². The zero-order chi connectivity index (χ0) is 16.5. The van der Waals surface area contributed by atoms with Gasteiger partial charge in [-0.15, -0.1) is 0 Å².